The average Bonchev–Trinajstić information content (AvgIpc) is 3.24. The fourth-order valence-corrected chi connectivity index (χ4v) is 3.30. The molecule has 3 rings (SSSR count). The van der Waals surface area contributed by atoms with Gasteiger partial charge in [0.2, 0.25) is 0 Å². The van der Waals surface area contributed by atoms with E-state index in [2.05, 4.69) is 24.3 Å². The largest absolute Gasteiger partial charge is 0.490 e. The molecule has 2 fully saturated rings. The molecule has 0 spiro atoms. The van der Waals surface area contributed by atoms with Gasteiger partial charge < -0.3 is 10.5 Å². The van der Waals surface area contributed by atoms with Crippen LogP contribution >= 0.6 is 0 Å². The van der Waals surface area contributed by atoms with E-state index in [4.69, 9.17) is 10.5 Å². The topological polar surface area (TPSA) is 35.2 Å². The zero-order valence-electron chi connectivity index (χ0n) is 11.7. The van der Waals surface area contributed by atoms with Crippen LogP contribution in [0.2, 0.25) is 0 Å². The molecule has 19 heavy (non-hydrogen) atoms. The first-order chi connectivity index (χ1) is 9.36. The van der Waals surface area contributed by atoms with Gasteiger partial charge in [-0.15, -0.1) is 0 Å². The highest BCUT2D eigenvalue weighted by atomic mass is 16.5. The van der Waals surface area contributed by atoms with E-state index in [9.17, 15) is 0 Å². The van der Waals surface area contributed by atoms with Crippen LogP contribution in [0.25, 0.3) is 0 Å². The van der Waals surface area contributed by atoms with E-state index < -0.39 is 0 Å². The molecule has 0 saturated heterocycles. The smallest absolute Gasteiger partial charge is 0.120 e. The molecule has 0 radical (unpaired) electrons. The third-order valence-electron chi connectivity index (χ3n) is 4.58. The van der Waals surface area contributed by atoms with Crippen molar-refractivity contribution < 1.29 is 4.74 Å². The van der Waals surface area contributed by atoms with Gasteiger partial charge in [0.1, 0.15) is 5.75 Å². The minimum absolute atomic E-state index is 0.481. The van der Waals surface area contributed by atoms with E-state index in [1.54, 1.807) is 0 Å². The SMILES string of the molecule is NCC1CCCCCC1c1cccc(OC2CC2)c1. The van der Waals surface area contributed by atoms with Crippen LogP contribution < -0.4 is 10.5 Å². The van der Waals surface area contributed by atoms with Gasteiger partial charge in [-0.1, -0.05) is 31.4 Å². The predicted molar refractivity (Wildman–Crippen MR) is 78.5 cm³/mol. The lowest BCUT2D eigenvalue weighted by molar-refractivity contribution is 0.302. The van der Waals surface area contributed by atoms with Crippen LogP contribution in [0, 0.1) is 5.92 Å². The van der Waals surface area contributed by atoms with Crippen molar-refractivity contribution in [3.8, 4) is 5.75 Å². The molecule has 2 nitrogen and oxygen atoms in total. The lowest BCUT2D eigenvalue weighted by Gasteiger charge is -2.24. The highest BCUT2D eigenvalue weighted by Crippen LogP contribution is 2.37. The van der Waals surface area contributed by atoms with Crippen LogP contribution in [0.15, 0.2) is 24.3 Å². The Balaban J connectivity index is 1.77. The number of hydrogen-bond acceptors (Lipinski definition) is 2. The normalized spacial score (nSPS) is 27.8. The summed E-state index contributed by atoms with van der Waals surface area (Å²) in [6.45, 7) is 0.818. The summed E-state index contributed by atoms with van der Waals surface area (Å²) in [6, 6.07) is 8.76. The Morgan fingerprint density at radius 1 is 1.05 bits per heavy atom. The van der Waals surface area contributed by atoms with Gasteiger partial charge in [-0.2, -0.15) is 0 Å². The molecule has 2 heteroatoms. The highest BCUT2D eigenvalue weighted by molar-refractivity contribution is 5.32. The summed E-state index contributed by atoms with van der Waals surface area (Å²) in [7, 11) is 0. The van der Waals surface area contributed by atoms with Gasteiger partial charge in [-0.05, 0) is 61.8 Å². The van der Waals surface area contributed by atoms with Gasteiger partial charge in [0.05, 0.1) is 6.10 Å². The molecule has 0 aromatic heterocycles. The molecule has 0 bridgehead atoms. The zero-order valence-corrected chi connectivity index (χ0v) is 11.7. The van der Waals surface area contributed by atoms with Gasteiger partial charge in [-0.25, -0.2) is 0 Å². The van der Waals surface area contributed by atoms with Crippen molar-refractivity contribution in [2.75, 3.05) is 6.54 Å². The molecule has 1 aromatic carbocycles. The number of hydrogen-bond donors (Lipinski definition) is 1. The van der Waals surface area contributed by atoms with Gasteiger partial charge in [0, 0.05) is 0 Å². The maximum Gasteiger partial charge on any atom is 0.120 e. The van der Waals surface area contributed by atoms with E-state index in [1.807, 2.05) is 0 Å². The third-order valence-corrected chi connectivity index (χ3v) is 4.58. The molecule has 2 unspecified atom stereocenters. The fourth-order valence-electron chi connectivity index (χ4n) is 3.30. The van der Waals surface area contributed by atoms with Gasteiger partial charge in [0.25, 0.3) is 0 Å². The molecule has 2 saturated carbocycles. The van der Waals surface area contributed by atoms with Crippen molar-refractivity contribution in [1.82, 2.24) is 0 Å². The second-order valence-corrected chi connectivity index (χ2v) is 6.13. The predicted octanol–water partition coefficient (Wildman–Crippen LogP) is 3.85. The van der Waals surface area contributed by atoms with Crippen LogP contribution in [-0.4, -0.2) is 12.6 Å². The van der Waals surface area contributed by atoms with E-state index in [0.29, 0.717) is 17.9 Å². The lowest BCUT2D eigenvalue weighted by atomic mass is 9.82. The number of benzene rings is 1. The Morgan fingerprint density at radius 3 is 2.68 bits per heavy atom. The molecule has 2 aliphatic rings. The quantitative estimate of drug-likeness (QED) is 0.834. The molecule has 104 valence electrons. The lowest BCUT2D eigenvalue weighted by Crippen LogP contribution is -2.21. The standard InChI is InChI=1S/C17H25NO/c18-12-14-5-2-1-3-8-17(14)13-6-4-7-16(11-13)19-15-9-10-15/h4,6-7,11,14-15,17H,1-3,5,8-10,12,18H2. The number of rotatable bonds is 4. The minimum Gasteiger partial charge on any atom is -0.490 e. The van der Waals surface area contributed by atoms with Gasteiger partial charge >= 0.3 is 0 Å². The molecule has 2 atom stereocenters. The van der Waals surface area contributed by atoms with Crippen molar-refractivity contribution in [3.05, 3.63) is 29.8 Å². The first-order valence-electron chi connectivity index (χ1n) is 7.83. The van der Waals surface area contributed by atoms with Crippen molar-refractivity contribution in [2.24, 2.45) is 11.7 Å². The molecule has 0 heterocycles. The third kappa shape index (κ3) is 3.30. The minimum atomic E-state index is 0.481. The summed E-state index contributed by atoms with van der Waals surface area (Å²) in [6.07, 6.45) is 9.55. The number of ether oxygens (including phenoxy) is 1. The Bertz CT molecular complexity index is 413. The summed E-state index contributed by atoms with van der Waals surface area (Å²) < 4.78 is 5.93. The van der Waals surface area contributed by atoms with Crippen LogP contribution in [0.1, 0.15) is 56.4 Å². The maximum absolute atomic E-state index is 6.00. The van der Waals surface area contributed by atoms with Crippen molar-refractivity contribution >= 4 is 0 Å². The van der Waals surface area contributed by atoms with Crippen molar-refractivity contribution in [1.29, 1.82) is 0 Å². The molecule has 2 N–H and O–H groups in total. The van der Waals surface area contributed by atoms with E-state index >= 15 is 0 Å². The van der Waals surface area contributed by atoms with Crippen LogP contribution in [0.5, 0.6) is 5.75 Å². The molecule has 2 aliphatic carbocycles. The van der Waals surface area contributed by atoms with Crippen LogP contribution in [0.3, 0.4) is 0 Å². The molecule has 0 amide bonds. The molecule has 0 aliphatic heterocycles. The zero-order chi connectivity index (χ0) is 13.1. The summed E-state index contributed by atoms with van der Waals surface area (Å²) in [5.41, 5.74) is 7.44. The van der Waals surface area contributed by atoms with E-state index in [1.165, 1.54) is 50.5 Å². The van der Waals surface area contributed by atoms with Crippen molar-refractivity contribution in [2.45, 2.75) is 57.0 Å². The Morgan fingerprint density at radius 2 is 1.89 bits per heavy atom. The molecular formula is C17H25NO. The fraction of sp³-hybridized carbons (Fsp3) is 0.647. The Kier molecular flexibility index (Phi) is 4.07. The molecule has 1 aromatic rings. The second kappa shape index (κ2) is 5.96. The average molecular weight is 259 g/mol. The van der Waals surface area contributed by atoms with E-state index in [0.717, 1.165) is 12.3 Å². The monoisotopic (exact) mass is 259 g/mol. The molecular weight excluding hydrogens is 234 g/mol. The van der Waals surface area contributed by atoms with Crippen molar-refractivity contribution in [3.63, 3.8) is 0 Å². The highest BCUT2D eigenvalue weighted by Gasteiger charge is 2.26. The summed E-state index contributed by atoms with van der Waals surface area (Å²) in [5.74, 6) is 2.34. The van der Waals surface area contributed by atoms with Crippen LogP contribution in [-0.2, 0) is 0 Å². The Labute approximate surface area is 116 Å². The summed E-state index contributed by atoms with van der Waals surface area (Å²) in [4.78, 5) is 0. The number of nitrogens with two attached hydrogens (primary N) is 1. The first kappa shape index (κ1) is 13.0. The summed E-state index contributed by atoms with van der Waals surface area (Å²) >= 11 is 0. The van der Waals surface area contributed by atoms with Gasteiger partial charge in [-0.3, -0.25) is 0 Å². The summed E-state index contributed by atoms with van der Waals surface area (Å²) in [5, 5.41) is 0. The van der Waals surface area contributed by atoms with Crippen LogP contribution in [0.4, 0.5) is 0 Å². The second-order valence-electron chi connectivity index (χ2n) is 6.13. The van der Waals surface area contributed by atoms with E-state index in [-0.39, 0.29) is 0 Å². The van der Waals surface area contributed by atoms with Gasteiger partial charge in [0.15, 0.2) is 0 Å². The maximum atomic E-state index is 6.00. The first-order valence-corrected chi connectivity index (χ1v) is 7.83. The Hall–Kier alpha value is -1.02.